The van der Waals surface area contributed by atoms with Crippen LogP contribution in [0.5, 0.6) is 0 Å². The minimum Gasteiger partial charge on any atom is -0.296 e. The van der Waals surface area contributed by atoms with Gasteiger partial charge in [0, 0.05) is 0 Å². The first-order chi connectivity index (χ1) is 4.65. The third-order valence-corrected chi connectivity index (χ3v) is 2.90. The van der Waals surface area contributed by atoms with Crippen LogP contribution in [0.25, 0.3) is 0 Å². The molecule has 0 aromatic carbocycles. The molecule has 1 rings (SSSR count). The molecule has 0 unspecified atom stereocenters. The number of rotatable bonds is 1. The van der Waals surface area contributed by atoms with Crippen LogP contribution in [0, 0.1) is 0 Å². The van der Waals surface area contributed by atoms with Gasteiger partial charge < -0.3 is 0 Å². The molecule has 0 saturated carbocycles. The van der Waals surface area contributed by atoms with Gasteiger partial charge in [0.25, 0.3) is 0 Å². The molecule has 0 atom stereocenters. The Morgan fingerprint density at radius 3 is 2.30 bits per heavy atom. The number of halogens is 1. The van der Waals surface area contributed by atoms with Gasteiger partial charge in [0.2, 0.25) is 0 Å². The molecule has 58 valence electrons. The standard InChI is InChI=1S/C7H11FOS/c1-6(9)7(8)2-4-10-5-3-7/h2-5H2,1H3. The second kappa shape index (κ2) is 2.91. The highest BCUT2D eigenvalue weighted by Gasteiger charge is 2.36. The molecule has 10 heavy (non-hydrogen) atoms. The zero-order valence-electron chi connectivity index (χ0n) is 6.02. The van der Waals surface area contributed by atoms with Gasteiger partial charge in [-0.3, -0.25) is 4.79 Å². The molecular weight excluding hydrogens is 151 g/mol. The molecule has 0 aromatic rings. The SMILES string of the molecule is CC(=O)C1(F)CCSCC1. The monoisotopic (exact) mass is 162 g/mol. The van der Waals surface area contributed by atoms with Gasteiger partial charge in [0.05, 0.1) is 0 Å². The summed E-state index contributed by atoms with van der Waals surface area (Å²) in [4.78, 5) is 10.7. The van der Waals surface area contributed by atoms with Crippen LogP contribution in [0.2, 0.25) is 0 Å². The molecule has 0 aliphatic carbocycles. The lowest BCUT2D eigenvalue weighted by atomic mass is 9.95. The molecule has 0 radical (unpaired) electrons. The Balaban J connectivity index is 2.56. The summed E-state index contributed by atoms with van der Waals surface area (Å²) in [6.45, 7) is 1.34. The minimum absolute atomic E-state index is 0.298. The third kappa shape index (κ3) is 1.51. The number of hydrogen-bond donors (Lipinski definition) is 0. The molecule has 0 aromatic heterocycles. The summed E-state index contributed by atoms with van der Waals surface area (Å²) in [6.07, 6.45) is 0.819. The number of alkyl halides is 1. The summed E-state index contributed by atoms with van der Waals surface area (Å²) in [7, 11) is 0. The van der Waals surface area contributed by atoms with E-state index in [0.717, 1.165) is 11.5 Å². The fourth-order valence-corrected chi connectivity index (χ4v) is 2.19. The van der Waals surface area contributed by atoms with Gasteiger partial charge in [-0.05, 0) is 31.3 Å². The highest BCUT2D eigenvalue weighted by atomic mass is 32.2. The van der Waals surface area contributed by atoms with Crippen molar-refractivity contribution in [1.82, 2.24) is 0 Å². The van der Waals surface area contributed by atoms with Gasteiger partial charge in [-0.2, -0.15) is 11.8 Å². The first kappa shape index (κ1) is 8.05. The molecule has 1 aliphatic heterocycles. The van der Waals surface area contributed by atoms with Crippen molar-refractivity contribution in [2.45, 2.75) is 25.4 Å². The quantitative estimate of drug-likeness (QED) is 0.585. The number of Topliss-reactive ketones (excluding diaryl/α,β-unsaturated/α-hetero) is 1. The molecule has 0 spiro atoms. The average molecular weight is 162 g/mol. The number of carbonyl (C=O) groups is 1. The molecule has 1 fully saturated rings. The van der Waals surface area contributed by atoms with Crippen molar-refractivity contribution in [2.24, 2.45) is 0 Å². The van der Waals surface area contributed by atoms with E-state index in [1.165, 1.54) is 6.92 Å². The highest BCUT2D eigenvalue weighted by Crippen LogP contribution is 2.30. The van der Waals surface area contributed by atoms with E-state index >= 15 is 0 Å². The van der Waals surface area contributed by atoms with E-state index in [4.69, 9.17) is 0 Å². The van der Waals surface area contributed by atoms with Crippen LogP contribution in [0.1, 0.15) is 19.8 Å². The second-order valence-corrected chi connectivity index (χ2v) is 3.86. The van der Waals surface area contributed by atoms with Gasteiger partial charge in [0.15, 0.2) is 11.5 Å². The summed E-state index contributed by atoms with van der Waals surface area (Å²) < 4.78 is 13.3. The topological polar surface area (TPSA) is 17.1 Å². The first-order valence-corrected chi connectivity index (χ1v) is 4.58. The zero-order chi connectivity index (χ0) is 7.61. The number of ketones is 1. The molecule has 3 heteroatoms. The lowest BCUT2D eigenvalue weighted by molar-refractivity contribution is -0.128. The van der Waals surface area contributed by atoms with E-state index in [-0.39, 0.29) is 5.78 Å². The van der Waals surface area contributed by atoms with E-state index in [1.54, 1.807) is 11.8 Å². The predicted octanol–water partition coefficient (Wildman–Crippen LogP) is 1.81. The van der Waals surface area contributed by atoms with Gasteiger partial charge in [-0.1, -0.05) is 0 Å². The van der Waals surface area contributed by atoms with Gasteiger partial charge in [0.1, 0.15) is 0 Å². The number of thioether (sulfide) groups is 1. The zero-order valence-corrected chi connectivity index (χ0v) is 6.84. The van der Waals surface area contributed by atoms with Crippen molar-refractivity contribution in [2.75, 3.05) is 11.5 Å². The molecule has 1 nitrogen and oxygen atoms in total. The van der Waals surface area contributed by atoms with Crippen LogP contribution in [-0.2, 0) is 4.79 Å². The molecule has 1 heterocycles. The maximum absolute atomic E-state index is 13.3. The van der Waals surface area contributed by atoms with Crippen molar-refractivity contribution in [1.29, 1.82) is 0 Å². The molecule has 0 bridgehead atoms. The Bertz CT molecular complexity index is 141. The molecule has 0 amide bonds. The van der Waals surface area contributed by atoms with Gasteiger partial charge in [-0.25, -0.2) is 4.39 Å². The molecule has 1 saturated heterocycles. The average Bonchev–Trinajstić information content (AvgIpc) is 1.89. The van der Waals surface area contributed by atoms with Crippen LogP contribution in [-0.4, -0.2) is 23.0 Å². The van der Waals surface area contributed by atoms with Crippen LogP contribution >= 0.6 is 11.8 Å². The lowest BCUT2D eigenvalue weighted by Crippen LogP contribution is -2.35. The number of hydrogen-bond acceptors (Lipinski definition) is 2. The van der Waals surface area contributed by atoms with Crippen molar-refractivity contribution in [3.8, 4) is 0 Å². The van der Waals surface area contributed by atoms with Crippen LogP contribution in [0.4, 0.5) is 4.39 Å². The van der Waals surface area contributed by atoms with Gasteiger partial charge in [-0.15, -0.1) is 0 Å². The fraction of sp³-hybridized carbons (Fsp3) is 0.857. The van der Waals surface area contributed by atoms with Crippen molar-refractivity contribution in [3.05, 3.63) is 0 Å². The number of carbonyl (C=O) groups excluding carboxylic acids is 1. The maximum atomic E-state index is 13.3. The third-order valence-electron chi connectivity index (χ3n) is 1.92. The van der Waals surface area contributed by atoms with Crippen LogP contribution in [0.15, 0.2) is 0 Å². The van der Waals surface area contributed by atoms with Crippen molar-refractivity contribution >= 4 is 17.5 Å². The lowest BCUT2D eigenvalue weighted by Gasteiger charge is -2.25. The van der Waals surface area contributed by atoms with Crippen LogP contribution in [0.3, 0.4) is 0 Å². The van der Waals surface area contributed by atoms with Gasteiger partial charge >= 0.3 is 0 Å². The fourth-order valence-electron chi connectivity index (χ4n) is 1.05. The first-order valence-electron chi connectivity index (χ1n) is 3.43. The summed E-state index contributed by atoms with van der Waals surface area (Å²) in [5, 5.41) is 0. The van der Waals surface area contributed by atoms with Crippen LogP contribution < -0.4 is 0 Å². The smallest absolute Gasteiger partial charge is 0.170 e. The molecule has 0 N–H and O–H groups in total. The minimum atomic E-state index is -1.48. The largest absolute Gasteiger partial charge is 0.296 e. The summed E-state index contributed by atoms with van der Waals surface area (Å²) in [5.41, 5.74) is -1.48. The van der Waals surface area contributed by atoms with Crippen molar-refractivity contribution < 1.29 is 9.18 Å². The molecule has 1 aliphatic rings. The highest BCUT2D eigenvalue weighted by molar-refractivity contribution is 7.99. The van der Waals surface area contributed by atoms with E-state index in [0.29, 0.717) is 12.8 Å². The normalized spacial score (nSPS) is 24.2. The summed E-state index contributed by atoms with van der Waals surface area (Å²) in [5.74, 6) is 1.28. The Hall–Kier alpha value is -0.0500. The van der Waals surface area contributed by atoms with Crippen molar-refractivity contribution in [3.63, 3.8) is 0 Å². The van der Waals surface area contributed by atoms with E-state index < -0.39 is 5.67 Å². The Morgan fingerprint density at radius 1 is 1.50 bits per heavy atom. The Morgan fingerprint density at radius 2 is 2.00 bits per heavy atom. The molecular formula is C7H11FOS. The van der Waals surface area contributed by atoms with E-state index in [9.17, 15) is 9.18 Å². The van der Waals surface area contributed by atoms with E-state index in [2.05, 4.69) is 0 Å². The summed E-state index contributed by atoms with van der Waals surface area (Å²) >= 11 is 1.72. The second-order valence-electron chi connectivity index (χ2n) is 2.63. The Labute approximate surface area is 64.4 Å². The summed E-state index contributed by atoms with van der Waals surface area (Å²) in [6, 6.07) is 0. The predicted molar refractivity (Wildman–Crippen MR) is 41.1 cm³/mol. The maximum Gasteiger partial charge on any atom is 0.170 e. The van der Waals surface area contributed by atoms with E-state index in [1.807, 2.05) is 0 Å². The Kier molecular flexibility index (Phi) is 2.34.